The number of carbonyl (C=O) groups is 1. The van der Waals surface area contributed by atoms with Gasteiger partial charge in [0.05, 0.1) is 5.60 Å². The third-order valence-corrected chi connectivity index (χ3v) is 9.15. The maximum Gasteiger partial charge on any atom is 0.331 e. The first kappa shape index (κ1) is 16.4. The van der Waals surface area contributed by atoms with E-state index in [4.69, 9.17) is 4.74 Å². The molecule has 1 unspecified atom stereocenters. The zero-order chi connectivity index (χ0) is 17.2. The smallest absolute Gasteiger partial charge is 0.331 e. The van der Waals surface area contributed by atoms with Crippen LogP contribution < -0.4 is 0 Å². The Balaban J connectivity index is 1.43. The van der Waals surface area contributed by atoms with Crippen molar-refractivity contribution >= 4 is 5.97 Å². The fourth-order valence-corrected chi connectivity index (χ4v) is 8.04. The lowest BCUT2D eigenvalue weighted by Gasteiger charge is -2.59. The predicted octanol–water partition coefficient (Wildman–Crippen LogP) is 4.24. The van der Waals surface area contributed by atoms with Crippen molar-refractivity contribution in [3.05, 3.63) is 11.6 Å². The van der Waals surface area contributed by atoms with Crippen LogP contribution in [0.1, 0.15) is 71.1 Å². The van der Waals surface area contributed by atoms with Crippen LogP contribution in [-0.2, 0) is 9.53 Å². The van der Waals surface area contributed by atoms with Crippen molar-refractivity contribution in [2.24, 2.45) is 35.0 Å². The largest absolute Gasteiger partial charge is 0.458 e. The Labute approximate surface area is 151 Å². The maximum atomic E-state index is 11.6. The van der Waals surface area contributed by atoms with E-state index < -0.39 is 0 Å². The van der Waals surface area contributed by atoms with E-state index in [1.54, 1.807) is 6.08 Å². The number of aliphatic hydroxyl groups is 1. The van der Waals surface area contributed by atoms with Crippen molar-refractivity contribution in [2.75, 3.05) is 6.61 Å². The summed E-state index contributed by atoms with van der Waals surface area (Å²) in [5.41, 5.74) is 1.18. The van der Waals surface area contributed by atoms with Crippen molar-refractivity contribution in [3.8, 4) is 0 Å². The number of hydrogen-bond donors (Lipinski definition) is 1. The Morgan fingerprint density at radius 3 is 2.72 bits per heavy atom. The molecular weight excluding hydrogens is 312 g/mol. The van der Waals surface area contributed by atoms with E-state index in [2.05, 4.69) is 6.92 Å². The van der Waals surface area contributed by atoms with Crippen molar-refractivity contribution in [2.45, 2.75) is 76.7 Å². The summed E-state index contributed by atoms with van der Waals surface area (Å²) in [6.07, 6.45) is 14.0. The van der Waals surface area contributed by atoms with E-state index >= 15 is 0 Å². The summed E-state index contributed by atoms with van der Waals surface area (Å²) in [7, 11) is 0. The fraction of sp³-hybridized carbons (Fsp3) is 0.864. The standard InChI is InChI=1S/C22H32O3/c1-21-11-9-19-16(6-5-15-4-2-3-10-22(15,19)24)18(21)8-7-17(21)14-12-20(23)25-13-14/h12,15-19,24H,2-11,13H2,1H3/t15?,16-,17+,18-,19-,21+,22+/m0/s1. The molecule has 0 amide bonds. The van der Waals surface area contributed by atoms with E-state index in [0.29, 0.717) is 35.7 Å². The van der Waals surface area contributed by atoms with Gasteiger partial charge in [-0.05, 0) is 91.9 Å². The van der Waals surface area contributed by atoms with Gasteiger partial charge in [0.1, 0.15) is 6.61 Å². The number of carbonyl (C=O) groups excluding carboxylic acids is 1. The lowest BCUT2D eigenvalue weighted by Crippen LogP contribution is -2.58. The van der Waals surface area contributed by atoms with Crippen molar-refractivity contribution in [1.82, 2.24) is 0 Å². The molecule has 5 rings (SSSR count). The number of fused-ring (bicyclic) bond motifs is 5. The van der Waals surface area contributed by atoms with Crippen LogP contribution in [0.2, 0.25) is 0 Å². The Bertz CT molecular complexity index is 610. The minimum absolute atomic E-state index is 0.146. The van der Waals surface area contributed by atoms with Crippen LogP contribution in [0.3, 0.4) is 0 Å². The zero-order valence-corrected chi connectivity index (χ0v) is 15.5. The first-order chi connectivity index (χ1) is 12.0. The van der Waals surface area contributed by atoms with Gasteiger partial charge in [0.25, 0.3) is 0 Å². The highest BCUT2D eigenvalue weighted by Crippen LogP contribution is 2.66. The highest BCUT2D eigenvalue weighted by atomic mass is 16.5. The van der Waals surface area contributed by atoms with Gasteiger partial charge >= 0.3 is 5.97 Å². The molecule has 4 aliphatic carbocycles. The van der Waals surface area contributed by atoms with E-state index in [1.807, 2.05) is 0 Å². The molecule has 0 saturated heterocycles. The van der Waals surface area contributed by atoms with Crippen LogP contribution in [0.4, 0.5) is 0 Å². The molecule has 1 N–H and O–H groups in total. The average Bonchev–Trinajstić information content (AvgIpc) is 3.16. The number of hydrogen-bond acceptors (Lipinski definition) is 3. The molecule has 1 aliphatic heterocycles. The van der Waals surface area contributed by atoms with Crippen LogP contribution in [0.25, 0.3) is 0 Å². The second-order valence-electron chi connectivity index (χ2n) is 9.89. The molecule has 4 fully saturated rings. The van der Waals surface area contributed by atoms with Crippen LogP contribution in [0, 0.1) is 35.0 Å². The second kappa shape index (κ2) is 5.58. The van der Waals surface area contributed by atoms with Crippen molar-refractivity contribution < 1.29 is 14.6 Å². The van der Waals surface area contributed by atoms with Gasteiger partial charge in [0.2, 0.25) is 0 Å². The Hall–Kier alpha value is -0.830. The van der Waals surface area contributed by atoms with Crippen LogP contribution in [0.5, 0.6) is 0 Å². The summed E-state index contributed by atoms with van der Waals surface area (Å²) in [6.45, 7) is 3.00. The lowest BCUT2D eigenvalue weighted by molar-refractivity contribution is -0.175. The Morgan fingerprint density at radius 2 is 1.92 bits per heavy atom. The number of esters is 1. The zero-order valence-electron chi connectivity index (χ0n) is 15.5. The molecule has 0 aromatic rings. The third kappa shape index (κ3) is 2.23. The molecule has 1 heterocycles. The summed E-state index contributed by atoms with van der Waals surface area (Å²) in [4.78, 5) is 11.6. The molecule has 0 aromatic carbocycles. The molecule has 0 spiro atoms. The molecular formula is C22H32O3. The maximum absolute atomic E-state index is 11.6. The van der Waals surface area contributed by atoms with Crippen LogP contribution >= 0.6 is 0 Å². The first-order valence-corrected chi connectivity index (χ1v) is 10.6. The second-order valence-corrected chi connectivity index (χ2v) is 9.89. The van der Waals surface area contributed by atoms with Gasteiger partial charge in [-0.1, -0.05) is 19.8 Å². The van der Waals surface area contributed by atoms with Gasteiger partial charge in [-0.25, -0.2) is 4.79 Å². The molecule has 4 saturated carbocycles. The van der Waals surface area contributed by atoms with Gasteiger partial charge in [-0.3, -0.25) is 0 Å². The normalized spacial score (nSPS) is 52.0. The Kier molecular flexibility index (Phi) is 3.65. The van der Waals surface area contributed by atoms with Crippen LogP contribution in [0.15, 0.2) is 11.6 Å². The molecule has 0 aromatic heterocycles. The van der Waals surface area contributed by atoms with E-state index in [-0.39, 0.29) is 11.6 Å². The SMILES string of the molecule is C[C@]12CC[C@H]3[C@@H](CCC4CCCC[C@@]43O)[C@@H]1CC[C@@H]2C1=CC(=O)OC1. The summed E-state index contributed by atoms with van der Waals surface area (Å²) < 4.78 is 5.22. The molecule has 7 atom stereocenters. The molecule has 138 valence electrons. The minimum atomic E-state index is -0.369. The van der Waals surface area contributed by atoms with Gasteiger partial charge in [-0.2, -0.15) is 0 Å². The number of rotatable bonds is 1. The van der Waals surface area contributed by atoms with Gasteiger partial charge in [-0.15, -0.1) is 0 Å². The molecule has 5 aliphatic rings. The summed E-state index contributed by atoms with van der Waals surface area (Å²) in [5.74, 6) is 2.88. The fourth-order valence-electron chi connectivity index (χ4n) is 8.04. The third-order valence-electron chi connectivity index (χ3n) is 9.15. The summed E-state index contributed by atoms with van der Waals surface area (Å²) in [6, 6.07) is 0. The van der Waals surface area contributed by atoms with Gasteiger partial charge in [0.15, 0.2) is 0 Å². The van der Waals surface area contributed by atoms with E-state index in [1.165, 1.54) is 63.4 Å². The molecule has 3 heteroatoms. The topological polar surface area (TPSA) is 46.5 Å². The quantitative estimate of drug-likeness (QED) is 0.724. The van der Waals surface area contributed by atoms with Crippen LogP contribution in [-0.4, -0.2) is 23.3 Å². The predicted molar refractivity (Wildman–Crippen MR) is 95.7 cm³/mol. The number of cyclic esters (lactones) is 1. The summed E-state index contributed by atoms with van der Waals surface area (Å²) in [5, 5.41) is 11.6. The molecule has 3 nitrogen and oxygen atoms in total. The molecule has 0 radical (unpaired) electrons. The first-order valence-electron chi connectivity index (χ1n) is 10.6. The van der Waals surface area contributed by atoms with Gasteiger partial charge in [0, 0.05) is 6.08 Å². The lowest BCUT2D eigenvalue weighted by atomic mass is 9.48. The van der Waals surface area contributed by atoms with Crippen molar-refractivity contribution in [3.63, 3.8) is 0 Å². The minimum Gasteiger partial charge on any atom is -0.458 e. The monoisotopic (exact) mass is 344 g/mol. The highest BCUT2D eigenvalue weighted by molar-refractivity contribution is 5.85. The molecule has 25 heavy (non-hydrogen) atoms. The van der Waals surface area contributed by atoms with Crippen molar-refractivity contribution in [1.29, 1.82) is 0 Å². The Morgan fingerprint density at radius 1 is 1.04 bits per heavy atom. The van der Waals surface area contributed by atoms with E-state index in [9.17, 15) is 9.90 Å². The number of ether oxygens (including phenoxy) is 1. The highest BCUT2D eigenvalue weighted by Gasteiger charge is 2.61. The van der Waals surface area contributed by atoms with E-state index in [0.717, 1.165) is 12.3 Å². The van der Waals surface area contributed by atoms with Gasteiger partial charge < -0.3 is 9.84 Å². The molecule has 0 bridgehead atoms. The average molecular weight is 344 g/mol. The summed E-state index contributed by atoms with van der Waals surface area (Å²) >= 11 is 0.